The zero-order valence-corrected chi connectivity index (χ0v) is 13.3. The Labute approximate surface area is 125 Å². The van der Waals surface area contributed by atoms with E-state index in [1.54, 1.807) is 12.1 Å². The molecule has 1 heterocycles. The van der Waals surface area contributed by atoms with Gasteiger partial charge in [-0.2, -0.15) is 0 Å². The summed E-state index contributed by atoms with van der Waals surface area (Å²) in [5, 5.41) is 9.14. The SMILES string of the molecule is CCc1nc2cc(C(=O)O)ccc2n1C(CC)(CC)CC. The normalized spacial score (nSPS) is 12.0. The first-order valence-corrected chi connectivity index (χ1v) is 7.78. The summed E-state index contributed by atoms with van der Waals surface area (Å²) in [4.78, 5) is 15.8. The Morgan fingerprint density at radius 2 is 1.81 bits per heavy atom. The van der Waals surface area contributed by atoms with Crippen LogP contribution in [0.3, 0.4) is 0 Å². The number of carboxylic acid groups (broad SMARTS) is 1. The minimum absolute atomic E-state index is 0.0604. The van der Waals surface area contributed by atoms with E-state index in [0.29, 0.717) is 5.56 Å². The number of carbonyl (C=O) groups is 1. The first-order chi connectivity index (χ1) is 10.0. The maximum atomic E-state index is 11.1. The van der Waals surface area contributed by atoms with Gasteiger partial charge in [-0.15, -0.1) is 0 Å². The van der Waals surface area contributed by atoms with Crippen molar-refractivity contribution >= 4 is 17.0 Å². The number of benzene rings is 1. The zero-order chi connectivity index (χ0) is 15.6. The minimum atomic E-state index is -0.905. The molecule has 4 nitrogen and oxygen atoms in total. The van der Waals surface area contributed by atoms with Crippen molar-refractivity contribution in [3.63, 3.8) is 0 Å². The lowest BCUT2D eigenvalue weighted by molar-refractivity contribution is 0.0697. The van der Waals surface area contributed by atoms with E-state index in [-0.39, 0.29) is 5.54 Å². The van der Waals surface area contributed by atoms with Crippen LogP contribution in [0.25, 0.3) is 11.0 Å². The maximum Gasteiger partial charge on any atom is 0.335 e. The van der Waals surface area contributed by atoms with Crippen molar-refractivity contribution in [1.29, 1.82) is 0 Å². The monoisotopic (exact) mass is 288 g/mol. The standard InChI is InChI=1S/C17H24N2O2/c1-5-15-18-13-11-12(16(20)21)9-10-14(13)19(15)17(6-2,7-3)8-4/h9-11H,5-8H2,1-4H3,(H,20,21). The third-order valence-electron chi connectivity index (χ3n) is 4.74. The predicted octanol–water partition coefficient (Wildman–Crippen LogP) is 4.22. The van der Waals surface area contributed by atoms with Crippen LogP contribution < -0.4 is 0 Å². The highest BCUT2D eigenvalue weighted by Gasteiger charge is 2.30. The lowest BCUT2D eigenvalue weighted by atomic mass is 9.89. The Kier molecular flexibility index (Phi) is 4.35. The number of fused-ring (bicyclic) bond motifs is 1. The van der Waals surface area contributed by atoms with Gasteiger partial charge in [0.05, 0.1) is 16.6 Å². The van der Waals surface area contributed by atoms with Gasteiger partial charge < -0.3 is 9.67 Å². The van der Waals surface area contributed by atoms with E-state index < -0.39 is 5.97 Å². The second kappa shape index (κ2) is 5.88. The largest absolute Gasteiger partial charge is 0.478 e. The smallest absolute Gasteiger partial charge is 0.335 e. The number of rotatable bonds is 6. The fourth-order valence-corrected chi connectivity index (χ4v) is 3.25. The van der Waals surface area contributed by atoms with Crippen molar-refractivity contribution < 1.29 is 9.90 Å². The van der Waals surface area contributed by atoms with Crippen LogP contribution in [0.15, 0.2) is 18.2 Å². The van der Waals surface area contributed by atoms with Crippen molar-refractivity contribution in [2.45, 2.75) is 58.9 Å². The summed E-state index contributed by atoms with van der Waals surface area (Å²) in [6, 6.07) is 5.26. The molecule has 1 N–H and O–H groups in total. The average molecular weight is 288 g/mol. The highest BCUT2D eigenvalue weighted by atomic mass is 16.4. The molecule has 0 saturated heterocycles. The molecular weight excluding hydrogens is 264 g/mol. The second-order valence-electron chi connectivity index (χ2n) is 5.51. The fourth-order valence-electron chi connectivity index (χ4n) is 3.25. The first kappa shape index (κ1) is 15.5. The molecule has 0 amide bonds. The Morgan fingerprint density at radius 1 is 1.19 bits per heavy atom. The van der Waals surface area contributed by atoms with Gasteiger partial charge >= 0.3 is 5.97 Å². The molecule has 0 saturated carbocycles. The molecular formula is C17H24N2O2. The summed E-state index contributed by atoms with van der Waals surface area (Å²) in [6.45, 7) is 8.74. The molecule has 0 atom stereocenters. The van der Waals surface area contributed by atoms with E-state index in [9.17, 15) is 4.79 Å². The Morgan fingerprint density at radius 3 is 2.29 bits per heavy atom. The van der Waals surface area contributed by atoms with E-state index in [2.05, 4.69) is 37.2 Å². The summed E-state index contributed by atoms with van der Waals surface area (Å²) in [5.74, 6) is 0.135. The van der Waals surface area contributed by atoms with Crippen molar-refractivity contribution in [2.24, 2.45) is 0 Å². The summed E-state index contributed by atoms with van der Waals surface area (Å²) in [5.41, 5.74) is 2.18. The number of imidazole rings is 1. The highest BCUT2D eigenvalue weighted by Crippen LogP contribution is 2.34. The van der Waals surface area contributed by atoms with Crippen LogP contribution in [-0.2, 0) is 12.0 Å². The highest BCUT2D eigenvalue weighted by molar-refractivity contribution is 5.92. The van der Waals surface area contributed by atoms with Crippen LogP contribution in [0.1, 0.15) is 63.1 Å². The van der Waals surface area contributed by atoms with Gasteiger partial charge in [-0.3, -0.25) is 0 Å². The van der Waals surface area contributed by atoms with Crippen LogP contribution in [-0.4, -0.2) is 20.6 Å². The molecule has 0 bridgehead atoms. The van der Waals surface area contributed by atoms with E-state index in [1.165, 1.54) is 0 Å². The lowest BCUT2D eigenvalue weighted by Crippen LogP contribution is -2.33. The van der Waals surface area contributed by atoms with E-state index >= 15 is 0 Å². The third-order valence-corrected chi connectivity index (χ3v) is 4.74. The van der Waals surface area contributed by atoms with Crippen LogP contribution in [0.4, 0.5) is 0 Å². The number of hydrogen-bond acceptors (Lipinski definition) is 2. The van der Waals surface area contributed by atoms with Crippen molar-refractivity contribution in [3.8, 4) is 0 Å². The van der Waals surface area contributed by atoms with Gasteiger partial charge in [-0.1, -0.05) is 27.7 Å². The van der Waals surface area contributed by atoms with Gasteiger partial charge in [-0.05, 0) is 37.5 Å². The summed E-state index contributed by atoms with van der Waals surface area (Å²) in [6.07, 6.45) is 3.97. The zero-order valence-electron chi connectivity index (χ0n) is 13.3. The molecule has 0 aliphatic heterocycles. The maximum absolute atomic E-state index is 11.1. The molecule has 0 radical (unpaired) electrons. The number of aromatic carboxylic acids is 1. The number of carboxylic acids is 1. The van der Waals surface area contributed by atoms with Gasteiger partial charge in [0.15, 0.2) is 0 Å². The van der Waals surface area contributed by atoms with Crippen LogP contribution in [0.5, 0.6) is 0 Å². The van der Waals surface area contributed by atoms with Crippen LogP contribution in [0.2, 0.25) is 0 Å². The molecule has 21 heavy (non-hydrogen) atoms. The van der Waals surface area contributed by atoms with Crippen molar-refractivity contribution in [1.82, 2.24) is 9.55 Å². The van der Waals surface area contributed by atoms with E-state index in [0.717, 1.165) is 42.5 Å². The third kappa shape index (κ3) is 2.43. The van der Waals surface area contributed by atoms with Crippen molar-refractivity contribution in [2.75, 3.05) is 0 Å². The summed E-state index contributed by atoms with van der Waals surface area (Å²) < 4.78 is 2.34. The van der Waals surface area contributed by atoms with Gasteiger partial charge in [0, 0.05) is 12.0 Å². The molecule has 0 aliphatic carbocycles. The molecule has 0 spiro atoms. The minimum Gasteiger partial charge on any atom is -0.478 e. The summed E-state index contributed by atoms with van der Waals surface area (Å²) in [7, 11) is 0. The number of hydrogen-bond donors (Lipinski definition) is 1. The first-order valence-electron chi connectivity index (χ1n) is 7.78. The molecule has 4 heteroatoms. The number of nitrogens with zero attached hydrogens (tertiary/aromatic N) is 2. The van der Waals surface area contributed by atoms with Gasteiger partial charge in [0.2, 0.25) is 0 Å². The second-order valence-corrected chi connectivity index (χ2v) is 5.51. The molecule has 0 unspecified atom stereocenters. The Balaban J connectivity index is 2.75. The Hall–Kier alpha value is -1.84. The Bertz CT molecular complexity index is 646. The van der Waals surface area contributed by atoms with Crippen LogP contribution in [0, 0.1) is 0 Å². The molecule has 0 fully saturated rings. The van der Waals surface area contributed by atoms with Gasteiger partial charge in [-0.25, -0.2) is 9.78 Å². The molecule has 114 valence electrons. The molecule has 2 aromatic rings. The van der Waals surface area contributed by atoms with Gasteiger partial charge in [0.25, 0.3) is 0 Å². The average Bonchev–Trinajstić information content (AvgIpc) is 2.88. The lowest BCUT2D eigenvalue weighted by Gasteiger charge is -2.34. The fraction of sp³-hybridized carbons (Fsp3) is 0.529. The molecule has 1 aromatic heterocycles. The topological polar surface area (TPSA) is 55.1 Å². The van der Waals surface area contributed by atoms with E-state index in [1.807, 2.05) is 6.07 Å². The van der Waals surface area contributed by atoms with Crippen LogP contribution >= 0.6 is 0 Å². The van der Waals surface area contributed by atoms with Crippen molar-refractivity contribution in [3.05, 3.63) is 29.6 Å². The predicted molar refractivity (Wildman–Crippen MR) is 84.9 cm³/mol. The quantitative estimate of drug-likeness (QED) is 0.865. The number of aryl methyl sites for hydroxylation is 1. The summed E-state index contributed by atoms with van der Waals surface area (Å²) >= 11 is 0. The van der Waals surface area contributed by atoms with E-state index in [4.69, 9.17) is 5.11 Å². The molecule has 1 aromatic carbocycles. The van der Waals surface area contributed by atoms with Gasteiger partial charge in [0.1, 0.15) is 5.82 Å². The molecule has 2 rings (SSSR count). The number of aromatic nitrogens is 2. The molecule has 0 aliphatic rings.